The van der Waals surface area contributed by atoms with Crippen LogP contribution in [0.1, 0.15) is 36.9 Å². The lowest BCUT2D eigenvalue weighted by Gasteiger charge is -2.30. The summed E-state index contributed by atoms with van der Waals surface area (Å²) in [4.78, 5) is 0. The van der Waals surface area contributed by atoms with E-state index in [2.05, 4.69) is 43.6 Å². The third kappa shape index (κ3) is 1.69. The molecule has 1 aromatic rings. The maximum absolute atomic E-state index is 3.42. The number of fused-ring (bicyclic) bond motifs is 1. The van der Waals surface area contributed by atoms with Crippen LogP contribution in [0.2, 0.25) is 0 Å². The highest BCUT2D eigenvalue weighted by molar-refractivity contribution is 5.32. The van der Waals surface area contributed by atoms with Gasteiger partial charge in [-0.2, -0.15) is 0 Å². The minimum absolute atomic E-state index is 0.574. The molecule has 1 N–H and O–H groups in total. The molecule has 0 saturated heterocycles. The molecule has 0 aliphatic heterocycles. The van der Waals surface area contributed by atoms with Gasteiger partial charge in [0.1, 0.15) is 0 Å². The maximum atomic E-state index is 3.42. The van der Waals surface area contributed by atoms with Crippen LogP contribution in [0.3, 0.4) is 0 Å². The highest BCUT2D eigenvalue weighted by Gasteiger charge is 2.23. The van der Waals surface area contributed by atoms with Gasteiger partial charge < -0.3 is 5.32 Å². The second-order valence-corrected chi connectivity index (χ2v) is 4.25. The van der Waals surface area contributed by atoms with Crippen LogP contribution in [0, 0.1) is 5.92 Å². The van der Waals surface area contributed by atoms with Crippen molar-refractivity contribution in [2.24, 2.45) is 5.92 Å². The van der Waals surface area contributed by atoms with Crippen molar-refractivity contribution in [3.05, 3.63) is 35.4 Å². The van der Waals surface area contributed by atoms with E-state index >= 15 is 0 Å². The van der Waals surface area contributed by atoms with Crippen molar-refractivity contribution in [3.8, 4) is 0 Å². The van der Waals surface area contributed by atoms with Crippen molar-refractivity contribution in [1.82, 2.24) is 5.32 Å². The van der Waals surface area contributed by atoms with Crippen LogP contribution in [-0.4, -0.2) is 7.05 Å². The van der Waals surface area contributed by atoms with E-state index in [-0.39, 0.29) is 0 Å². The first-order valence-electron chi connectivity index (χ1n) is 5.60. The Hall–Kier alpha value is -0.820. The largest absolute Gasteiger partial charge is 0.313 e. The highest BCUT2D eigenvalue weighted by Crippen LogP contribution is 2.34. The first-order chi connectivity index (χ1) is 6.85. The maximum Gasteiger partial charge on any atom is 0.0323 e. The lowest BCUT2D eigenvalue weighted by molar-refractivity contribution is 0.366. The smallest absolute Gasteiger partial charge is 0.0323 e. The predicted octanol–water partition coefficient (Wildman–Crippen LogP) is 2.92. The molecular formula is C13H19N. The Morgan fingerprint density at radius 1 is 1.36 bits per heavy atom. The zero-order valence-electron chi connectivity index (χ0n) is 9.09. The van der Waals surface area contributed by atoms with E-state index in [1.54, 1.807) is 5.56 Å². The van der Waals surface area contributed by atoms with E-state index in [1.165, 1.54) is 24.8 Å². The Kier molecular flexibility index (Phi) is 2.87. The van der Waals surface area contributed by atoms with Crippen LogP contribution in [0.25, 0.3) is 0 Å². The fraction of sp³-hybridized carbons (Fsp3) is 0.538. The number of nitrogens with one attached hydrogen (secondary N) is 1. The molecule has 0 radical (unpaired) electrons. The molecule has 14 heavy (non-hydrogen) atoms. The first-order valence-corrected chi connectivity index (χ1v) is 5.60. The van der Waals surface area contributed by atoms with Gasteiger partial charge in [-0.05, 0) is 36.9 Å². The lowest BCUT2D eigenvalue weighted by atomic mass is 9.79. The number of benzene rings is 1. The van der Waals surface area contributed by atoms with Crippen LogP contribution < -0.4 is 5.32 Å². The summed E-state index contributed by atoms with van der Waals surface area (Å²) in [6.45, 7) is 2.30. The van der Waals surface area contributed by atoms with E-state index in [9.17, 15) is 0 Å². The summed E-state index contributed by atoms with van der Waals surface area (Å²) in [5.41, 5.74) is 3.06. The molecule has 2 rings (SSSR count). The van der Waals surface area contributed by atoms with E-state index in [0.29, 0.717) is 6.04 Å². The molecule has 1 nitrogen and oxygen atoms in total. The molecular weight excluding hydrogens is 170 g/mol. The van der Waals surface area contributed by atoms with Crippen LogP contribution in [0.4, 0.5) is 0 Å². The van der Waals surface area contributed by atoms with Crippen molar-refractivity contribution in [3.63, 3.8) is 0 Å². The third-order valence-corrected chi connectivity index (χ3v) is 3.43. The molecule has 0 amide bonds. The van der Waals surface area contributed by atoms with Crippen LogP contribution in [0.15, 0.2) is 24.3 Å². The van der Waals surface area contributed by atoms with Crippen molar-refractivity contribution in [2.75, 3.05) is 7.05 Å². The van der Waals surface area contributed by atoms with E-state index in [1.807, 2.05) is 0 Å². The minimum Gasteiger partial charge on any atom is -0.313 e. The van der Waals surface area contributed by atoms with Gasteiger partial charge >= 0.3 is 0 Å². The molecule has 2 atom stereocenters. The van der Waals surface area contributed by atoms with E-state index in [0.717, 1.165) is 5.92 Å². The molecule has 0 heterocycles. The van der Waals surface area contributed by atoms with Gasteiger partial charge in [0.05, 0.1) is 0 Å². The van der Waals surface area contributed by atoms with Gasteiger partial charge in [-0.15, -0.1) is 0 Å². The van der Waals surface area contributed by atoms with Gasteiger partial charge in [-0.25, -0.2) is 0 Å². The molecule has 0 spiro atoms. The van der Waals surface area contributed by atoms with Gasteiger partial charge in [0.2, 0.25) is 0 Å². The van der Waals surface area contributed by atoms with Crippen molar-refractivity contribution in [1.29, 1.82) is 0 Å². The Balaban J connectivity index is 2.31. The molecule has 1 aliphatic carbocycles. The summed E-state index contributed by atoms with van der Waals surface area (Å²) in [5, 5.41) is 3.42. The molecule has 0 bridgehead atoms. The lowest BCUT2D eigenvalue weighted by Crippen LogP contribution is -2.26. The van der Waals surface area contributed by atoms with Gasteiger partial charge in [-0.3, -0.25) is 0 Å². The summed E-state index contributed by atoms with van der Waals surface area (Å²) < 4.78 is 0. The van der Waals surface area contributed by atoms with Crippen molar-refractivity contribution < 1.29 is 0 Å². The fourth-order valence-electron chi connectivity index (χ4n) is 2.50. The quantitative estimate of drug-likeness (QED) is 0.754. The second-order valence-electron chi connectivity index (χ2n) is 4.25. The van der Waals surface area contributed by atoms with Crippen LogP contribution in [-0.2, 0) is 6.42 Å². The number of hydrogen-bond donors (Lipinski definition) is 1. The zero-order valence-corrected chi connectivity index (χ0v) is 9.09. The molecule has 76 valence electrons. The van der Waals surface area contributed by atoms with Crippen molar-refractivity contribution in [2.45, 2.75) is 32.2 Å². The molecule has 0 fully saturated rings. The number of hydrogen-bond acceptors (Lipinski definition) is 1. The average Bonchev–Trinajstić information content (AvgIpc) is 2.27. The second kappa shape index (κ2) is 4.14. The van der Waals surface area contributed by atoms with Crippen LogP contribution in [0.5, 0.6) is 0 Å². The summed E-state index contributed by atoms with van der Waals surface area (Å²) in [6.07, 6.45) is 3.86. The molecule has 1 heteroatoms. The monoisotopic (exact) mass is 189 g/mol. The fourth-order valence-corrected chi connectivity index (χ4v) is 2.50. The van der Waals surface area contributed by atoms with Gasteiger partial charge in [0.25, 0.3) is 0 Å². The van der Waals surface area contributed by atoms with Crippen LogP contribution >= 0.6 is 0 Å². The van der Waals surface area contributed by atoms with Gasteiger partial charge in [0.15, 0.2) is 0 Å². The SMILES string of the molecule is CCC1Cc2ccccc2C(NC)C1. The molecule has 2 unspecified atom stereocenters. The predicted molar refractivity (Wildman–Crippen MR) is 60.3 cm³/mol. The topological polar surface area (TPSA) is 12.0 Å². The Morgan fingerprint density at radius 2 is 2.14 bits per heavy atom. The molecule has 1 aliphatic rings. The molecule has 0 aromatic heterocycles. The van der Waals surface area contributed by atoms with Gasteiger partial charge in [0, 0.05) is 6.04 Å². The highest BCUT2D eigenvalue weighted by atomic mass is 14.9. The first kappa shape index (κ1) is 9.72. The average molecular weight is 189 g/mol. The van der Waals surface area contributed by atoms with Gasteiger partial charge in [-0.1, -0.05) is 37.6 Å². The standard InChI is InChI=1S/C13H19N/c1-3-10-8-11-6-4-5-7-12(11)13(9-10)14-2/h4-7,10,13-14H,3,8-9H2,1-2H3. The summed E-state index contributed by atoms with van der Waals surface area (Å²) >= 11 is 0. The summed E-state index contributed by atoms with van der Waals surface area (Å²) in [5.74, 6) is 0.863. The normalized spacial score (nSPS) is 25.9. The molecule has 0 saturated carbocycles. The summed E-state index contributed by atoms with van der Waals surface area (Å²) in [7, 11) is 2.07. The molecule has 1 aromatic carbocycles. The Bertz CT molecular complexity index is 306. The summed E-state index contributed by atoms with van der Waals surface area (Å²) in [6, 6.07) is 9.42. The third-order valence-electron chi connectivity index (χ3n) is 3.43. The van der Waals surface area contributed by atoms with Crippen molar-refractivity contribution >= 4 is 0 Å². The van der Waals surface area contributed by atoms with E-state index in [4.69, 9.17) is 0 Å². The zero-order chi connectivity index (χ0) is 9.97. The van der Waals surface area contributed by atoms with E-state index < -0.39 is 0 Å². The number of rotatable bonds is 2. The minimum atomic E-state index is 0.574. The Morgan fingerprint density at radius 3 is 2.86 bits per heavy atom. The Labute approximate surface area is 86.5 Å².